The van der Waals surface area contributed by atoms with Crippen LogP contribution < -0.4 is 16.7 Å². The largest absolute Gasteiger partial charge is 1.00 e. The van der Waals surface area contributed by atoms with Crippen molar-refractivity contribution in [1.82, 2.24) is 0 Å². The van der Waals surface area contributed by atoms with Crippen LogP contribution in [0.5, 0.6) is 0 Å². The predicted molar refractivity (Wildman–Crippen MR) is 28.6 cm³/mol. The summed E-state index contributed by atoms with van der Waals surface area (Å²) in [5.74, 6) is 0.157. The van der Waals surface area contributed by atoms with E-state index in [9.17, 15) is 4.79 Å². The van der Waals surface area contributed by atoms with Crippen molar-refractivity contribution in [2.45, 2.75) is 0 Å². The van der Waals surface area contributed by atoms with Crippen molar-refractivity contribution >= 4 is 17.9 Å². The lowest BCUT2D eigenvalue weighted by Gasteiger charge is -1.92. The van der Waals surface area contributed by atoms with E-state index in [2.05, 4.69) is 0 Å². The van der Waals surface area contributed by atoms with Gasteiger partial charge in [-0.05, 0) is 0 Å². The van der Waals surface area contributed by atoms with Crippen LogP contribution in [-0.4, -0.2) is 13.0 Å². The summed E-state index contributed by atoms with van der Waals surface area (Å²) in [6.45, 7) is 0. The molecule has 0 aliphatic carbocycles. The van der Waals surface area contributed by atoms with Crippen LogP contribution in [0.2, 0.25) is 0 Å². The van der Waals surface area contributed by atoms with E-state index in [1.165, 1.54) is 11.9 Å². The molecule has 0 aromatic rings. The van der Waals surface area contributed by atoms with Gasteiger partial charge in [0.2, 0.25) is 0 Å². The topological polar surface area (TPSA) is 21.5 Å². The lowest BCUT2D eigenvalue weighted by molar-refractivity contribution is -0.635. The van der Waals surface area contributed by atoms with E-state index in [4.69, 9.17) is 0 Å². The van der Waals surface area contributed by atoms with Crippen molar-refractivity contribution in [1.29, 1.82) is 0 Å². The van der Waals surface area contributed by atoms with Crippen LogP contribution in [0.1, 0.15) is 0 Å². The van der Waals surface area contributed by atoms with Crippen molar-refractivity contribution in [3.63, 3.8) is 0 Å². The van der Waals surface area contributed by atoms with Gasteiger partial charge in [-0.3, -0.25) is 0 Å². The third-order valence-corrected chi connectivity index (χ3v) is 1.64. The Balaban J connectivity index is 0.000000490. The van der Waals surface area contributed by atoms with Gasteiger partial charge < -0.3 is 12.4 Å². The summed E-state index contributed by atoms with van der Waals surface area (Å²) < 4.78 is 0.875. The van der Waals surface area contributed by atoms with Gasteiger partial charge in [0.1, 0.15) is 11.9 Å². The molecule has 0 bridgehead atoms. The molecule has 0 fully saturated rings. The number of hydrogen-bond acceptors (Lipinski definition) is 2. The molecule has 8 heavy (non-hydrogen) atoms. The van der Waals surface area contributed by atoms with Crippen LogP contribution in [0.4, 0.5) is 0 Å². The number of hydrogen-bond donors (Lipinski definition) is 1. The van der Waals surface area contributed by atoms with Crippen molar-refractivity contribution in [3.05, 3.63) is 11.5 Å². The number of likely N-dealkylation sites (N-methyl/N-ethyl adjacent to an activating group) is 1. The zero-order chi connectivity index (χ0) is 5.28. The summed E-state index contributed by atoms with van der Waals surface area (Å²) in [5.41, 5.74) is 0. The molecule has 2 nitrogen and oxygen atoms in total. The monoisotopic (exact) mass is 151 g/mol. The van der Waals surface area contributed by atoms with E-state index < -0.39 is 0 Å². The summed E-state index contributed by atoms with van der Waals surface area (Å²) in [7, 11) is 1.83. The van der Waals surface area contributed by atoms with Crippen LogP contribution in [0.3, 0.4) is 0 Å². The molecular formula is C4H6ClNOS. The minimum absolute atomic E-state index is 0. The Hall–Kier alpha value is 0.01000. The molecule has 1 heterocycles. The highest BCUT2D eigenvalue weighted by Gasteiger charge is 2.16. The highest BCUT2D eigenvalue weighted by Crippen LogP contribution is 1.93. The normalized spacial score (nSPS) is 25.6. The molecular weight excluding hydrogens is 146 g/mol. The molecule has 1 aliphatic rings. The lowest BCUT2D eigenvalue weighted by atomic mass is 10.6. The lowest BCUT2D eigenvalue weighted by Crippen LogP contribution is -3.03. The number of nitrogens with one attached hydrogen (secondary N) is 1. The molecule has 1 unspecified atom stereocenters. The average molecular weight is 152 g/mol. The van der Waals surface area contributed by atoms with Gasteiger partial charge in [0.25, 0.3) is 0 Å². The van der Waals surface area contributed by atoms with Gasteiger partial charge in [-0.25, -0.2) is 9.10 Å². The number of carbonyl (C=O) groups is 1. The van der Waals surface area contributed by atoms with E-state index in [1.54, 1.807) is 11.5 Å². The smallest absolute Gasteiger partial charge is 0.349 e. The summed E-state index contributed by atoms with van der Waals surface area (Å²) in [6, 6.07) is 0. The predicted octanol–water partition coefficient (Wildman–Crippen LogP) is -3.79. The standard InChI is InChI=1S/C4H5NOS.ClH/c1-5-4(6)2-3-7-5;/h2-3H,1H3;1H. The molecule has 1 aliphatic heterocycles. The molecule has 1 N–H and O–H groups in total. The fourth-order valence-corrected chi connectivity index (χ4v) is 0.953. The Morgan fingerprint density at radius 3 is 2.50 bits per heavy atom. The van der Waals surface area contributed by atoms with Gasteiger partial charge in [0, 0.05) is 5.41 Å². The van der Waals surface area contributed by atoms with E-state index in [-0.39, 0.29) is 18.3 Å². The second-order valence-electron chi connectivity index (χ2n) is 1.34. The molecule has 0 radical (unpaired) electrons. The fraction of sp³-hybridized carbons (Fsp3) is 0.250. The van der Waals surface area contributed by atoms with Gasteiger partial charge >= 0.3 is 5.91 Å². The third-order valence-electron chi connectivity index (χ3n) is 0.811. The van der Waals surface area contributed by atoms with Crippen LogP contribution in [0, 0.1) is 0 Å². The van der Waals surface area contributed by atoms with E-state index in [1.807, 2.05) is 7.05 Å². The molecule has 4 heteroatoms. The second-order valence-corrected chi connectivity index (χ2v) is 2.46. The first kappa shape index (κ1) is 8.01. The highest BCUT2D eigenvalue weighted by molar-refractivity contribution is 7.96. The summed E-state index contributed by atoms with van der Waals surface area (Å²) in [4.78, 5) is 10.4. The van der Waals surface area contributed by atoms with Gasteiger partial charge in [0.05, 0.1) is 13.1 Å². The van der Waals surface area contributed by atoms with Crippen LogP contribution in [0.25, 0.3) is 0 Å². The molecule has 46 valence electrons. The number of rotatable bonds is 0. The maximum Gasteiger partial charge on any atom is 0.349 e. The first-order chi connectivity index (χ1) is 3.30. The summed E-state index contributed by atoms with van der Waals surface area (Å²) >= 11 is 1.49. The van der Waals surface area contributed by atoms with Gasteiger partial charge in [-0.2, -0.15) is 0 Å². The van der Waals surface area contributed by atoms with Gasteiger partial charge in [-0.15, -0.1) is 0 Å². The second kappa shape index (κ2) is 3.12. The maximum atomic E-state index is 10.4. The number of quaternary nitrogens is 1. The highest BCUT2D eigenvalue weighted by atomic mass is 35.5. The Morgan fingerprint density at radius 2 is 2.38 bits per heavy atom. The van der Waals surface area contributed by atoms with Crippen LogP contribution >= 0.6 is 11.9 Å². The van der Waals surface area contributed by atoms with Crippen molar-refractivity contribution in [3.8, 4) is 0 Å². The van der Waals surface area contributed by atoms with E-state index in [0.29, 0.717) is 0 Å². The molecule has 0 saturated carbocycles. The van der Waals surface area contributed by atoms with Gasteiger partial charge in [-0.1, -0.05) is 0 Å². The summed E-state index contributed by atoms with van der Waals surface area (Å²) in [6.07, 6.45) is 1.58. The maximum absolute atomic E-state index is 10.4. The SMILES string of the molecule is C[NH+]1SC=CC1=O.[Cl-]. The molecule has 0 saturated heterocycles. The van der Waals surface area contributed by atoms with Crippen LogP contribution in [0.15, 0.2) is 11.5 Å². The molecule has 1 amide bonds. The molecule has 0 aromatic heterocycles. The molecule has 0 aromatic carbocycles. The minimum atomic E-state index is 0. The Labute approximate surface area is 58.5 Å². The zero-order valence-corrected chi connectivity index (χ0v) is 5.92. The van der Waals surface area contributed by atoms with Crippen molar-refractivity contribution in [2.24, 2.45) is 0 Å². The molecule has 1 atom stereocenters. The summed E-state index contributed by atoms with van der Waals surface area (Å²) in [5, 5.41) is 1.80. The third kappa shape index (κ3) is 1.51. The number of amides is 1. The fourth-order valence-electron chi connectivity index (χ4n) is 0.373. The minimum Gasteiger partial charge on any atom is -1.00 e. The quantitative estimate of drug-likeness (QED) is 0.359. The van der Waals surface area contributed by atoms with E-state index in [0.717, 1.165) is 4.31 Å². The number of carbonyl (C=O) groups excluding carboxylic acids is 1. The number of halogens is 1. The van der Waals surface area contributed by atoms with Crippen molar-refractivity contribution < 1.29 is 21.5 Å². The Kier molecular flexibility index (Phi) is 3.12. The van der Waals surface area contributed by atoms with E-state index >= 15 is 0 Å². The van der Waals surface area contributed by atoms with Gasteiger partial charge in [0.15, 0.2) is 0 Å². The average Bonchev–Trinajstić information content (AvgIpc) is 1.91. The Bertz CT molecular complexity index is 125. The van der Waals surface area contributed by atoms with Crippen LogP contribution in [-0.2, 0) is 4.79 Å². The molecule has 1 rings (SSSR count). The first-order valence-electron chi connectivity index (χ1n) is 2.02. The Morgan fingerprint density at radius 1 is 1.75 bits per heavy atom. The van der Waals surface area contributed by atoms with Crippen molar-refractivity contribution in [2.75, 3.05) is 7.05 Å². The first-order valence-corrected chi connectivity index (χ1v) is 2.90. The zero-order valence-electron chi connectivity index (χ0n) is 4.35. The molecule has 0 spiro atoms.